The van der Waals surface area contributed by atoms with Gasteiger partial charge in [0, 0.05) is 51.7 Å². The van der Waals surface area contributed by atoms with Crippen molar-refractivity contribution < 1.29 is 32.3 Å². The smallest absolute Gasteiger partial charge is 0.406 e. The highest BCUT2D eigenvalue weighted by molar-refractivity contribution is 5.86. The van der Waals surface area contributed by atoms with Crippen molar-refractivity contribution in [2.75, 3.05) is 39.4 Å². The molecule has 2 aliphatic heterocycles. The quantitative estimate of drug-likeness (QED) is 0.598. The summed E-state index contributed by atoms with van der Waals surface area (Å²) in [6.07, 6.45) is -2.15. The van der Waals surface area contributed by atoms with Gasteiger partial charge in [0.25, 0.3) is 0 Å². The van der Waals surface area contributed by atoms with Gasteiger partial charge in [-0.2, -0.15) is 0 Å². The van der Waals surface area contributed by atoms with Gasteiger partial charge >= 0.3 is 6.36 Å². The fourth-order valence-corrected chi connectivity index (χ4v) is 5.31. The first-order chi connectivity index (χ1) is 17.1. The first-order valence-electron chi connectivity index (χ1n) is 12.2. The van der Waals surface area contributed by atoms with Crippen molar-refractivity contribution >= 4 is 17.7 Å². The summed E-state index contributed by atoms with van der Waals surface area (Å²) >= 11 is 0. The molecule has 3 aliphatic rings. The lowest BCUT2D eigenvalue weighted by Crippen LogP contribution is -2.62. The highest BCUT2D eigenvalue weighted by atomic mass is 19.4. The number of benzene rings is 1. The zero-order chi connectivity index (χ0) is 25.9. The van der Waals surface area contributed by atoms with Gasteiger partial charge in [-0.3, -0.25) is 24.6 Å². The molecule has 2 heterocycles. The van der Waals surface area contributed by atoms with E-state index in [-0.39, 0.29) is 54.6 Å². The Morgan fingerprint density at radius 1 is 1.11 bits per heavy atom. The molecule has 36 heavy (non-hydrogen) atoms. The van der Waals surface area contributed by atoms with Crippen molar-refractivity contribution in [1.82, 2.24) is 25.3 Å². The molecule has 12 heteroatoms. The van der Waals surface area contributed by atoms with Gasteiger partial charge < -0.3 is 19.9 Å². The van der Waals surface area contributed by atoms with Crippen LogP contribution in [-0.4, -0.2) is 90.3 Å². The fraction of sp³-hybridized carbons (Fsp3) is 0.625. The number of hydrogen-bond acceptors (Lipinski definition) is 6. The summed E-state index contributed by atoms with van der Waals surface area (Å²) in [4.78, 5) is 43.1. The molecule has 4 rings (SSSR count). The van der Waals surface area contributed by atoms with E-state index in [0.29, 0.717) is 25.3 Å². The molecule has 0 spiro atoms. The number of carbonyl (C=O) groups is 3. The van der Waals surface area contributed by atoms with Gasteiger partial charge in [0.2, 0.25) is 17.7 Å². The molecular weight excluding hydrogens is 479 g/mol. The van der Waals surface area contributed by atoms with Crippen LogP contribution < -0.4 is 15.4 Å². The molecule has 3 fully saturated rings. The Morgan fingerprint density at radius 2 is 1.81 bits per heavy atom. The summed E-state index contributed by atoms with van der Waals surface area (Å²) in [6.45, 7) is 4.94. The third-order valence-electron chi connectivity index (χ3n) is 7.25. The summed E-state index contributed by atoms with van der Waals surface area (Å²) in [5, 5.41) is 6.12. The molecule has 1 saturated carbocycles. The van der Waals surface area contributed by atoms with E-state index in [1.54, 1.807) is 6.92 Å². The number of amides is 3. The highest BCUT2D eigenvalue weighted by Gasteiger charge is 2.42. The second-order valence-electron chi connectivity index (χ2n) is 9.59. The van der Waals surface area contributed by atoms with Gasteiger partial charge in [0.15, 0.2) is 0 Å². The Balaban J connectivity index is 1.25. The van der Waals surface area contributed by atoms with E-state index in [1.165, 1.54) is 29.2 Å². The Labute approximate surface area is 207 Å². The van der Waals surface area contributed by atoms with Crippen molar-refractivity contribution in [2.45, 2.75) is 51.2 Å². The average Bonchev–Trinajstić information content (AvgIpc) is 2.84. The third kappa shape index (κ3) is 6.67. The Bertz CT molecular complexity index is 950. The van der Waals surface area contributed by atoms with Gasteiger partial charge in [-0.25, -0.2) is 0 Å². The summed E-state index contributed by atoms with van der Waals surface area (Å²) in [5.41, 5.74) is 0.612. The van der Waals surface area contributed by atoms with Crippen LogP contribution in [0.3, 0.4) is 0 Å². The lowest BCUT2D eigenvalue weighted by atomic mass is 9.79. The van der Waals surface area contributed by atoms with Crippen LogP contribution in [0.4, 0.5) is 13.2 Å². The van der Waals surface area contributed by atoms with E-state index >= 15 is 0 Å². The number of ether oxygens (including phenoxy) is 1. The maximum Gasteiger partial charge on any atom is 0.573 e. The molecule has 198 valence electrons. The molecule has 9 nitrogen and oxygen atoms in total. The number of piperazine rings is 1. The van der Waals surface area contributed by atoms with Crippen LogP contribution in [0, 0.1) is 5.92 Å². The molecule has 3 amide bonds. The molecule has 1 aromatic carbocycles. The van der Waals surface area contributed by atoms with Gasteiger partial charge in [0.05, 0.1) is 12.6 Å². The van der Waals surface area contributed by atoms with Crippen LogP contribution in [0.15, 0.2) is 24.3 Å². The number of nitrogens with zero attached hydrogens (tertiary/aromatic N) is 3. The normalized spacial score (nSPS) is 25.3. The lowest BCUT2D eigenvalue weighted by Gasteiger charge is -2.47. The summed E-state index contributed by atoms with van der Waals surface area (Å²) in [6, 6.07) is 5.64. The summed E-state index contributed by atoms with van der Waals surface area (Å²) in [5.74, 6) is -0.811. The maximum atomic E-state index is 13.2. The zero-order valence-corrected chi connectivity index (χ0v) is 20.2. The van der Waals surface area contributed by atoms with E-state index < -0.39 is 6.36 Å². The van der Waals surface area contributed by atoms with E-state index in [1.807, 2.05) is 4.90 Å². The minimum Gasteiger partial charge on any atom is -0.406 e. The molecular formula is C24H32F3N5O4. The first kappa shape index (κ1) is 26.2. The van der Waals surface area contributed by atoms with Crippen molar-refractivity contribution in [3.05, 3.63) is 29.8 Å². The minimum absolute atomic E-state index is 0.0328. The van der Waals surface area contributed by atoms with E-state index in [2.05, 4.69) is 20.3 Å². The molecule has 1 aliphatic carbocycles. The van der Waals surface area contributed by atoms with E-state index in [0.717, 1.165) is 32.4 Å². The predicted octanol–water partition coefficient (Wildman–Crippen LogP) is 1.29. The molecule has 0 aromatic heterocycles. The summed E-state index contributed by atoms with van der Waals surface area (Å²) < 4.78 is 40.7. The van der Waals surface area contributed by atoms with Crippen LogP contribution >= 0.6 is 0 Å². The number of halogens is 3. The van der Waals surface area contributed by atoms with E-state index in [9.17, 15) is 27.6 Å². The number of carbonyl (C=O) groups excluding carboxylic acids is 3. The number of alkyl halides is 3. The van der Waals surface area contributed by atoms with Crippen molar-refractivity contribution in [3.63, 3.8) is 0 Å². The van der Waals surface area contributed by atoms with Gasteiger partial charge in [-0.15, -0.1) is 13.2 Å². The number of fused-ring (bicyclic) bond motifs is 1. The second kappa shape index (κ2) is 11.0. The van der Waals surface area contributed by atoms with Crippen molar-refractivity contribution in [1.29, 1.82) is 0 Å². The van der Waals surface area contributed by atoms with Crippen LogP contribution in [0.1, 0.15) is 31.7 Å². The van der Waals surface area contributed by atoms with Crippen LogP contribution in [0.2, 0.25) is 0 Å². The van der Waals surface area contributed by atoms with Crippen LogP contribution in [0.25, 0.3) is 0 Å². The SMILES string of the molecule is CC(=O)N1CCN(C2CCC3NCN(CC(=O)NCc4ccc(OC(F)(F)F)cc4)C(=O)C3C2)CC1. The third-order valence-corrected chi connectivity index (χ3v) is 7.25. The van der Waals surface area contributed by atoms with Gasteiger partial charge in [0.1, 0.15) is 12.3 Å². The van der Waals surface area contributed by atoms with Crippen LogP contribution in [-0.2, 0) is 20.9 Å². The maximum absolute atomic E-state index is 13.2. The monoisotopic (exact) mass is 511 g/mol. The molecule has 0 bridgehead atoms. The van der Waals surface area contributed by atoms with E-state index in [4.69, 9.17) is 0 Å². The summed E-state index contributed by atoms with van der Waals surface area (Å²) in [7, 11) is 0. The lowest BCUT2D eigenvalue weighted by molar-refractivity contribution is -0.274. The van der Waals surface area contributed by atoms with Crippen molar-refractivity contribution in [2.24, 2.45) is 5.92 Å². The molecule has 0 radical (unpaired) electrons. The Hall–Kier alpha value is -2.86. The second-order valence-corrected chi connectivity index (χ2v) is 9.59. The molecule has 2 N–H and O–H groups in total. The number of nitrogens with one attached hydrogen (secondary N) is 2. The number of hydrogen-bond donors (Lipinski definition) is 2. The molecule has 2 saturated heterocycles. The molecule has 3 atom stereocenters. The highest BCUT2D eigenvalue weighted by Crippen LogP contribution is 2.32. The van der Waals surface area contributed by atoms with Crippen molar-refractivity contribution in [3.8, 4) is 5.75 Å². The minimum atomic E-state index is -4.76. The van der Waals surface area contributed by atoms with Gasteiger partial charge in [-0.05, 0) is 37.0 Å². The average molecular weight is 512 g/mol. The predicted molar refractivity (Wildman–Crippen MR) is 123 cm³/mol. The zero-order valence-electron chi connectivity index (χ0n) is 20.2. The Morgan fingerprint density at radius 3 is 2.44 bits per heavy atom. The standard InChI is InChI=1S/C24H32F3N5O4/c1-16(33)30-8-10-31(11-9-30)18-4-7-21-20(12-18)23(35)32(15-29-21)14-22(34)28-13-17-2-5-19(6-3-17)36-24(25,26)27/h2-3,5-6,18,20-21,29H,4,7-15H2,1H3,(H,28,34). The topological polar surface area (TPSA) is 94.2 Å². The molecule has 3 unspecified atom stereocenters. The molecule has 1 aromatic rings. The number of rotatable bonds is 6. The largest absolute Gasteiger partial charge is 0.573 e. The van der Waals surface area contributed by atoms with Crippen LogP contribution in [0.5, 0.6) is 5.75 Å². The first-order valence-corrected chi connectivity index (χ1v) is 12.2. The Kier molecular flexibility index (Phi) is 8.04. The van der Waals surface area contributed by atoms with Gasteiger partial charge in [-0.1, -0.05) is 12.1 Å². The fourth-order valence-electron chi connectivity index (χ4n) is 5.31.